The van der Waals surface area contributed by atoms with E-state index in [0.29, 0.717) is 6.54 Å². The van der Waals surface area contributed by atoms with Crippen molar-refractivity contribution in [2.24, 2.45) is 5.73 Å². The van der Waals surface area contributed by atoms with E-state index in [1.807, 2.05) is 25.9 Å². The van der Waals surface area contributed by atoms with Gasteiger partial charge >= 0.3 is 0 Å². The fraction of sp³-hybridized carbons (Fsp3) is 0.556. The van der Waals surface area contributed by atoms with Crippen LogP contribution in [-0.2, 0) is 13.1 Å². The molecule has 0 amide bonds. The SMILES string of the molecule is Cc1nc(CN(C)C)ncc1CN. The third-order valence-electron chi connectivity index (χ3n) is 1.81. The molecule has 0 radical (unpaired) electrons. The first-order chi connectivity index (χ1) is 6.13. The highest BCUT2D eigenvalue weighted by Gasteiger charge is 2.02. The highest BCUT2D eigenvalue weighted by atomic mass is 15.1. The molecule has 2 N–H and O–H groups in total. The molecule has 0 aromatic carbocycles. The molecule has 0 aliphatic carbocycles. The Morgan fingerprint density at radius 1 is 1.46 bits per heavy atom. The molecular formula is C9H16N4. The summed E-state index contributed by atoms with van der Waals surface area (Å²) in [5.74, 6) is 0.847. The fourth-order valence-corrected chi connectivity index (χ4v) is 1.10. The normalized spacial score (nSPS) is 10.8. The summed E-state index contributed by atoms with van der Waals surface area (Å²) in [6.45, 7) is 3.24. The van der Waals surface area contributed by atoms with Gasteiger partial charge in [0, 0.05) is 24.0 Å². The molecule has 0 bridgehead atoms. The van der Waals surface area contributed by atoms with Crippen molar-refractivity contribution < 1.29 is 0 Å². The quantitative estimate of drug-likeness (QED) is 0.727. The minimum atomic E-state index is 0.508. The smallest absolute Gasteiger partial charge is 0.142 e. The molecule has 4 nitrogen and oxygen atoms in total. The summed E-state index contributed by atoms with van der Waals surface area (Å²) in [4.78, 5) is 10.6. The second-order valence-corrected chi connectivity index (χ2v) is 3.34. The van der Waals surface area contributed by atoms with Gasteiger partial charge in [0.15, 0.2) is 0 Å². The summed E-state index contributed by atoms with van der Waals surface area (Å²) in [5, 5.41) is 0. The van der Waals surface area contributed by atoms with Gasteiger partial charge in [0.05, 0.1) is 6.54 Å². The monoisotopic (exact) mass is 180 g/mol. The third-order valence-corrected chi connectivity index (χ3v) is 1.81. The molecule has 72 valence electrons. The van der Waals surface area contributed by atoms with Crippen LogP contribution in [0.2, 0.25) is 0 Å². The van der Waals surface area contributed by atoms with Crippen molar-refractivity contribution in [2.75, 3.05) is 14.1 Å². The molecule has 1 aromatic rings. The van der Waals surface area contributed by atoms with E-state index in [1.54, 1.807) is 6.20 Å². The largest absolute Gasteiger partial charge is 0.326 e. The van der Waals surface area contributed by atoms with Gasteiger partial charge in [-0.25, -0.2) is 9.97 Å². The maximum atomic E-state index is 5.51. The highest BCUT2D eigenvalue weighted by Crippen LogP contribution is 2.03. The van der Waals surface area contributed by atoms with Crippen LogP contribution in [0.15, 0.2) is 6.20 Å². The van der Waals surface area contributed by atoms with Crippen LogP contribution in [0.1, 0.15) is 17.1 Å². The van der Waals surface area contributed by atoms with Crippen LogP contribution in [0.5, 0.6) is 0 Å². The van der Waals surface area contributed by atoms with Crippen molar-refractivity contribution in [3.05, 3.63) is 23.3 Å². The lowest BCUT2D eigenvalue weighted by atomic mass is 10.2. The summed E-state index contributed by atoms with van der Waals surface area (Å²) in [5.41, 5.74) is 7.51. The van der Waals surface area contributed by atoms with Crippen LogP contribution >= 0.6 is 0 Å². The van der Waals surface area contributed by atoms with Gasteiger partial charge in [-0.2, -0.15) is 0 Å². The lowest BCUT2D eigenvalue weighted by molar-refractivity contribution is 0.389. The topological polar surface area (TPSA) is 55.0 Å². The van der Waals surface area contributed by atoms with E-state index in [0.717, 1.165) is 23.6 Å². The Balaban J connectivity index is 2.83. The predicted molar refractivity (Wildman–Crippen MR) is 52.1 cm³/mol. The Morgan fingerprint density at radius 3 is 2.62 bits per heavy atom. The lowest BCUT2D eigenvalue weighted by Gasteiger charge is -2.09. The van der Waals surface area contributed by atoms with E-state index in [-0.39, 0.29) is 0 Å². The fourth-order valence-electron chi connectivity index (χ4n) is 1.10. The van der Waals surface area contributed by atoms with Crippen molar-refractivity contribution in [3.8, 4) is 0 Å². The van der Waals surface area contributed by atoms with Crippen molar-refractivity contribution >= 4 is 0 Å². The molecule has 0 fully saturated rings. The average Bonchev–Trinajstić information content (AvgIpc) is 2.03. The third kappa shape index (κ3) is 2.75. The first-order valence-electron chi connectivity index (χ1n) is 4.29. The highest BCUT2D eigenvalue weighted by molar-refractivity contribution is 5.15. The zero-order valence-electron chi connectivity index (χ0n) is 8.41. The second kappa shape index (κ2) is 4.30. The van der Waals surface area contributed by atoms with E-state index in [9.17, 15) is 0 Å². The number of nitrogens with two attached hydrogens (primary N) is 1. The molecule has 0 aliphatic heterocycles. The first kappa shape index (κ1) is 10.1. The molecule has 4 heteroatoms. The molecule has 0 saturated carbocycles. The molecule has 0 saturated heterocycles. The second-order valence-electron chi connectivity index (χ2n) is 3.34. The molecule has 1 heterocycles. The van der Waals surface area contributed by atoms with E-state index in [2.05, 4.69) is 9.97 Å². The first-order valence-corrected chi connectivity index (χ1v) is 4.29. The van der Waals surface area contributed by atoms with Gasteiger partial charge in [-0.3, -0.25) is 0 Å². The van der Waals surface area contributed by atoms with Crippen molar-refractivity contribution in [1.82, 2.24) is 14.9 Å². The van der Waals surface area contributed by atoms with Gasteiger partial charge in [0.2, 0.25) is 0 Å². The molecule has 0 spiro atoms. The van der Waals surface area contributed by atoms with Crippen LogP contribution in [0, 0.1) is 6.92 Å². The Bertz CT molecular complexity index is 283. The minimum Gasteiger partial charge on any atom is -0.326 e. The maximum absolute atomic E-state index is 5.51. The maximum Gasteiger partial charge on any atom is 0.142 e. The van der Waals surface area contributed by atoms with Gasteiger partial charge in [0.25, 0.3) is 0 Å². The van der Waals surface area contributed by atoms with Crippen molar-refractivity contribution in [3.63, 3.8) is 0 Å². The number of nitrogens with zero attached hydrogens (tertiary/aromatic N) is 3. The van der Waals surface area contributed by atoms with Crippen LogP contribution < -0.4 is 5.73 Å². The van der Waals surface area contributed by atoms with Crippen LogP contribution in [0.3, 0.4) is 0 Å². The van der Waals surface area contributed by atoms with Crippen LogP contribution in [-0.4, -0.2) is 29.0 Å². The zero-order chi connectivity index (χ0) is 9.84. The van der Waals surface area contributed by atoms with Crippen molar-refractivity contribution in [2.45, 2.75) is 20.0 Å². The summed E-state index contributed by atoms with van der Waals surface area (Å²) >= 11 is 0. The average molecular weight is 180 g/mol. The molecule has 0 unspecified atom stereocenters. The van der Waals surface area contributed by atoms with Gasteiger partial charge in [-0.15, -0.1) is 0 Å². The summed E-state index contributed by atoms with van der Waals surface area (Å²) in [6, 6.07) is 0. The summed E-state index contributed by atoms with van der Waals surface area (Å²) in [6.07, 6.45) is 1.81. The number of hydrogen-bond donors (Lipinski definition) is 1. The minimum absolute atomic E-state index is 0.508. The van der Waals surface area contributed by atoms with Crippen LogP contribution in [0.25, 0.3) is 0 Å². The van der Waals surface area contributed by atoms with Gasteiger partial charge in [-0.05, 0) is 21.0 Å². The number of hydrogen-bond acceptors (Lipinski definition) is 4. The Kier molecular flexibility index (Phi) is 3.33. The molecule has 0 aliphatic rings. The standard InChI is InChI=1S/C9H16N4/c1-7-8(4-10)5-11-9(12-7)6-13(2)3/h5H,4,6,10H2,1-3H3. The van der Waals surface area contributed by atoms with E-state index < -0.39 is 0 Å². The summed E-state index contributed by atoms with van der Waals surface area (Å²) < 4.78 is 0. The number of rotatable bonds is 3. The van der Waals surface area contributed by atoms with E-state index >= 15 is 0 Å². The molecule has 0 atom stereocenters. The predicted octanol–water partition coefficient (Wildman–Crippen LogP) is 0.305. The number of aryl methyl sites for hydroxylation is 1. The lowest BCUT2D eigenvalue weighted by Crippen LogP contribution is -2.14. The zero-order valence-corrected chi connectivity index (χ0v) is 8.41. The van der Waals surface area contributed by atoms with Gasteiger partial charge in [0.1, 0.15) is 5.82 Å². The van der Waals surface area contributed by atoms with Gasteiger partial charge < -0.3 is 10.6 Å². The van der Waals surface area contributed by atoms with Crippen molar-refractivity contribution in [1.29, 1.82) is 0 Å². The molecule has 1 aromatic heterocycles. The molecular weight excluding hydrogens is 164 g/mol. The van der Waals surface area contributed by atoms with E-state index in [1.165, 1.54) is 0 Å². The summed E-state index contributed by atoms with van der Waals surface area (Å²) in [7, 11) is 3.99. The Labute approximate surface area is 78.8 Å². The number of aromatic nitrogens is 2. The molecule has 1 rings (SSSR count). The van der Waals surface area contributed by atoms with Gasteiger partial charge in [-0.1, -0.05) is 0 Å². The van der Waals surface area contributed by atoms with E-state index in [4.69, 9.17) is 5.73 Å². The Hall–Kier alpha value is -1.00. The Morgan fingerprint density at radius 2 is 2.15 bits per heavy atom. The van der Waals surface area contributed by atoms with Crippen LogP contribution in [0.4, 0.5) is 0 Å². The molecule has 13 heavy (non-hydrogen) atoms.